The fourth-order valence-electron chi connectivity index (χ4n) is 0.227. The molecule has 5 heavy (non-hydrogen) atoms. The zero-order chi connectivity index (χ0) is 3.54. The van der Waals surface area contributed by atoms with Crippen molar-refractivity contribution in [2.45, 2.75) is 0 Å². The molecule has 0 aromatic carbocycles. The molecule has 1 heterocycles. The van der Waals surface area contributed by atoms with E-state index in [2.05, 4.69) is 0 Å². The molecule has 0 aliphatic rings. The van der Waals surface area contributed by atoms with Crippen molar-refractivity contribution in [1.29, 1.82) is 0 Å². The average Bonchev–Trinajstić information content (AvgIpc) is 1.76. The molecule has 3 heteroatoms. The van der Waals surface area contributed by atoms with Crippen LogP contribution in [0.5, 0.6) is 0 Å². The Morgan fingerprint density at radius 1 is 1.20 bits per heavy atom. The molecule has 0 atom stereocenters. The molecule has 0 amide bonds. The first-order valence-corrected chi connectivity index (χ1v) is 2.41. The summed E-state index contributed by atoms with van der Waals surface area (Å²) in [5.74, 6) is 4.04. The van der Waals surface area contributed by atoms with Gasteiger partial charge >= 0.3 is 35.3 Å². The standard InChI is InChI=1S/C2H2B2S/c1-2-4-5-3-1/h1-2H. The molecule has 0 aliphatic carbocycles. The van der Waals surface area contributed by atoms with Gasteiger partial charge in [0.25, 0.3) is 0 Å². The van der Waals surface area contributed by atoms with Gasteiger partial charge in [0.1, 0.15) is 0 Å². The summed E-state index contributed by atoms with van der Waals surface area (Å²) < 4.78 is 0. The van der Waals surface area contributed by atoms with Gasteiger partial charge in [-0.1, -0.05) is 0 Å². The van der Waals surface area contributed by atoms with Crippen LogP contribution in [-0.4, -0.2) is 12.3 Å². The molecule has 0 fully saturated rings. The molecule has 1 aromatic rings. The predicted octanol–water partition coefficient (Wildman–Crippen LogP) is 0.424. The number of hydrogen-bond donors (Lipinski definition) is 0. The monoisotopic (exact) mass is 80.0 g/mol. The van der Waals surface area contributed by atoms with Crippen molar-refractivity contribution in [1.82, 2.24) is 0 Å². The van der Waals surface area contributed by atoms with E-state index in [4.69, 9.17) is 0 Å². The molecule has 0 unspecified atom stereocenters. The average molecular weight is 79.7 g/mol. The van der Waals surface area contributed by atoms with Gasteiger partial charge in [-0.2, -0.15) is 0 Å². The van der Waals surface area contributed by atoms with E-state index < -0.39 is 0 Å². The molecule has 0 spiro atoms. The Morgan fingerprint density at radius 3 is 2.00 bits per heavy atom. The zero-order valence-electron chi connectivity index (χ0n) is 2.72. The quantitative estimate of drug-likeness (QED) is 0.423. The third kappa shape index (κ3) is 0.690. The Bertz CT molecular complexity index is 64.1. The predicted molar refractivity (Wildman–Crippen MR) is 27.0 cm³/mol. The Hall–Kier alpha value is 0.0899. The fourth-order valence-corrected chi connectivity index (χ4v) is 0.680. The van der Waals surface area contributed by atoms with Crippen LogP contribution >= 0.6 is 11.0 Å². The maximum absolute atomic E-state index is 2.04. The molecule has 0 saturated carbocycles. The van der Waals surface area contributed by atoms with Crippen LogP contribution in [-0.2, 0) is 0 Å². The molecule has 0 bridgehead atoms. The summed E-state index contributed by atoms with van der Waals surface area (Å²) >= 11 is 1.71. The fraction of sp³-hybridized carbons (Fsp3) is 0. The zero-order valence-corrected chi connectivity index (χ0v) is 3.53. The van der Waals surface area contributed by atoms with Crippen molar-refractivity contribution in [3.63, 3.8) is 0 Å². The Morgan fingerprint density at radius 2 is 1.80 bits per heavy atom. The summed E-state index contributed by atoms with van der Waals surface area (Å²) in [5.41, 5.74) is 0. The van der Waals surface area contributed by atoms with Crippen LogP contribution in [0.1, 0.15) is 0 Å². The minimum atomic E-state index is 1.71. The van der Waals surface area contributed by atoms with Gasteiger partial charge in [-0.25, -0.2) is 0 Å². The van der Waals surface area contributed by atoms with E-state index in [0.29, 0.717) is 0 Å². The molecule has 0 aliphatic heterocycles. The minimum absolute atomic E-state index is 1.71. The molecule has 0 radical (unpaired) electrons. The van der Waals surface area contributed by atoms with Crippen molar-refractivity contribution in [2.75, 3.05) is 0 Å². The van der Waals surface area contributed by atoms with Gasteiger partial charge in [-0.15, -0.1) is 0 Å². The number of rotatable bonds is 0. The van der Waals surface area contributed by atoms with Gasteiger partial charge in [0.15, 0.2) is 0 Å². The van der Waals surface area contributed by atoms with Crippen LogP contribution in [0, 0.1) is 0 Å². The first-order valence-electron chi connectivity index (χ1n) is 1.47. The van der Waals surface area contributed by atoms with Crippen LogP contribution in [0.2, 0.25) is 0 Å². The maximum atomic E-state index is 2.04. The Kier molecular flexibility index (Phi) is 0.991. The molecular formula is C2H2B2S. The molecular weight excluding hydrogens is 77.7 g/mol. The second-order valence-electron chi connectivity index (χ2n) is 0.793. The molecule has 0 N–H and O–H groups in total. The molecule has 22 valence electrons. The topological polar surface area (TPSA) is 0 Å². The summed E-state index contributed by atoms with van der Waals surface area (Å²) in [6.07, 6.45) is 4.08. The van der Waals surface area contributed by atoms with Crippen LogP contribution < -0.4 is 0 Å². The first kappa shape index (κ1) is 3.29. The van der Waals surface area contributed by atoms with Crippen LogP contribution in [0.4, 0.5) is 0 Å². The summed E-state index contributed by atoms with van der Waals surface area (Å²) in [7, 11) is 0. The Labute approximate surface area is 36.1 Å². The molecule has 1 aromatic heterocycles. The van der Waals surface area contributed by atoms with Crippen LogP contribution in [0.15, 0.2) is 11.9 Å². The van der Waals surface area contributed by atoms with Crippen molar-refractivity contribution in [3.8, 4) is 0 Å². The van der Waals surface area contributed by atoms with E-state index in [0.717, 1.165) is 0 Å². The van der Waals surface area contributed by atoms with E-state index in [1.165, 1.54) is 0 Å². The van der Waals surface area contributed by atoms with E-state index in [1.807, 2.05) is 24.3 Å². The van der Waals surface area contributed by atoms with E-state index in [1.54, 1.807) is 11.0 Å². The summed E-state index contributed by atoms with van der Waals surface area (Å²) in [6.45, 7) is 0. The second-order valence-corrected chi connectivity index (χ2v) is 1.61. The van der Waals surface area contributed by atoms with Crippen molar-refractivity contribution < 1.29 is 0 Å². The first-order chi connectivity index (χ1) is 2.50. The molecule has 0 saturated heterocycles. The molecule has 0 nitrogen and oxygen atoms in total. The summed E-state index contributed by atoms with van der Waals surface area (Å²) in [6, 6.07) is 0. The van der Waals surface area contributed by atoms with Gasteiger partial charge in [0.05, 0.1) is 0 Å². The van der Waals surface area contributed by atoms with Gasteiger partial charge in [-0.05, 0) is 0 Å². The van der Waals surface area contributed by atoms with Crippen molar-refractivity contribution >= 4 is 23.4 Å². The normalized spacial score (nSPS) is 6.40. The van der Waals surface area contributed by atoms with E-state index in [-0.39, 0.29) is 0 Å². The molecule has 1 rings (SSSR count). The number of hydrogen-bond acceptors (Lipinski definition) is 1. The van der Waals surface area contributed by atoms with E-state index in [9.17, 15) is 0 Å². The summed E-state index contributed by atoms with van der Waals surface area (Å²) in [5, 5.41) is 0. The Balaban J connectivity index is 3.13. The second kappa shape index (κ2) is 1.51. The van der Waals surface area contributed by atoms with Gasteiger partial charge in [-0.3, -0.25) is 0 Å². The van der Waals surface area contributed by atoms with Crippen LogP contribution in [0.25, 0.3) is 0 Å². The van der Waals surface area contributed by atoms with Gasteiger partial charge in [0.2, 0.25) is 0 Å². The van der Waals surface area contributed by atoms with E-state index >= 15 is 0 Å². The van der Waals surface area contributed by atoms with Crippen molar-refractivity contribution in [2.24, 2.45) is 0 Å². The third-order valence-corrected chi connectivity index (χ3v) is 1.05. The van der Waals surface area contributed by atoms with Crippen molar-refractivity contribution in [3.05, 3.63) is 11.9 Å². The van der Waals surface area contributed by atoms with Gasteiger partial charge in [0, 0.05) is 0 Å². The third-order valence-electron chi connectivity index (χ3n) is 0.425. The SMILES string of the molecule is b1ccbs1. The van der Waals surface area contributed by atoms with Crippen LogP contribution in [0.3, 0.4) is 0 Å². The van der Waals surface area contributed by atoms with Gasteiger partial charge < -0.3 is 0 Å². The summed E-state index contributed by atoms with van der Waals surface area (Å²) in [4.78, 5) is 0.